The summed E-state index contributed by atoms with van der Waals surface area (Å²) >= 11 is 0. The zero-order chi connectivity index (χ0) is 18.4. The molecular weight excluding hydrogens is 320 g/mol. The van der Waals surface area contributed by atoms with E-state index in [9.17, 15) is 9.59 Å². The van der Waals surface area contributed by atoms with Gasteiger partial charge < -0.3 is 20.1 Å². The van der Waals surface area contributed by atoms with Crippen LogP contribution in [0.15, 0.2) is 42.5 Å². The van der Waals surface area contributed by atoms with Gasteiger partial charge in [-0.05, 0) is 62.7 Å². The summed E-state index contributed by atoms with van der Waals surface area (Å²) in [6, 6.07) is 12.1. The van der Waals surface area contributed by atoms with Gasteiger partial charge in [0, 0.05) is 5.69 Å². The largest absolute Gasteiger partial charge is 0.495 e. The number of aryl methyl sites for hydroxylation is 1. The highest BCUT2D eigenvalue weighted by Crippen LogP contribution is 2.25. The second-order valence-electron chi connectivity index (χ2n) is 5.80. The molecule has 0 aliphatic heterocycles. The van der Waals surface area contributed by atoms with Gasteiger partial charge in [-0.25, -0.2) is 0 Å². The molecule has 0 aliphatic rings. The molecule has 2 amide bonds. The number of hydrogen-bond donors (Lipinski definition) is 2. The molecule has 0 aromatic heterocycles. The van der Waals surface area contributed by atoms with Gasteiger partial charge in [-0.15, -0.1) is 0 Å². The average Bonchev–Trinajstić information content (AvgIpc) is 2.56. The van der Waals surface area contributed by atoms with Crippen LogP contribution in [0.4, 0.5) is 11.4 Å². The molecule has 132 valence electrons. The summed E-state index contributed by atoms with van der Waals surface area (Å²) in [5.74, 6) is -0.351. The molecule has 6 heteroatoms. The zero-order valence-electron chi connectivity index (χ0n) is 14.8. The summed E-state index contributed by atoms with van der Waals surface area (Å²) in [6.45, 7) is 5.75. The number of nitrogens with one attached hydrogen (secondary N) is 2. The van der Waals surface area contributed by atoms with Gasteiger partial charge in [-0.1, -0.05) is 6.07 Å². The van der Waals surface area contributed by atoms with Gasteiger partial charge in [0.15, 0.2) is 0 Å². The van der Waals surface area contributed by atoms with Crippen LogP contribution in [-0.2, 0) is 9.59 Å². The zero-order valence-corrected chi connectivity index (χ0v) is 14.8. The number of carbonyl (C=O) groups is 2. The minimum Gasteiger partial charge on any atom is -0.495 e. The maximum absolute atomic E-state index is 12.1. The van der Waals surface area contributed by atoms with Crippen LogP contribution in [0.25, 0.3) is 0 Å². The highest BCUT2D eigenvalue weighted by Gasteiger charge is 2.16. The summed E-state index contributed by atoms with van der Waals surface area (Å²) in [5.41, 5.74) is 1.90. The summed E-state index contributed by atoms with van der Waals surface area (Å²) in [4.78, 5) is 24.2. The fourth-order valence-corrected chi connectivity index (χ4v) is 2.18. The molecule has 0 aliphatic carbocycles. The average molecular weight is 342 g/mol. The van der Waals surface area contributed by atoms with Crippen LogP contribution in [0.5, 0.6) is 11.5 Å². The number of hydrogen-bond acceptors (Lipinski definition) is 4. The lowest BCUT2D eigenvalue weighted by Crippen LogP contribution is -2.29. The molecule has 0 bridgehead atoms. The number of methoxy groups -OCH3 is 1. The number of anilines is 2. The highest BCUT2D eigenvalue weighted by molar-refractivity contribution is 6.43. The molecule has 0 heterocycles. The number of amides is 2. The Morgan fingerprint density at radius 1 is 0.960 bits per heavy atom. The van der Waals surface area contributed by atoms with Crippen molar-refractivity contribution >= 4 is 23.2 Å². The minimum absolute atomic E-state index is 0.0653. The van der Waals surface area contributed by atoms with E-state index in [1.54, 1.807) is 36.4 Å². The first kappa shape index (κ1) is 18.3. The first-order valence-corrected chi connectivity index (χ1v) is 7.92. The number of ether oxygens (including phenoxy) is 2. The Morgan fingerprint density at radius 2 is 1.60 bits per heavy atom. The highest BCUT2D eigenvalue weighted by atomic mass is 16.5. The smallest absolute Gasteiger partial charge is 0.314 e. The van der Waals surface area contributed by atoms with Gasteiger partial charge in [-0.3, -0.25) is 9.59 Å². The third kappa shape index (κ3) is 5.24. The molecule has 2 rings (SSSR count). The van der Waals surface area contributed by atoms with Gasteiger partial charge in [0.05, 0.1) is 18.9 Å². The summed E-state index contributed by atoms with van der Waals surface area (Å²) in [7, 11) is 1.50. The van der Waals surface area contributed by atoms with E-state index in [1.807, 2.05) is 26.8 Å². The quantitative estimate of drug-likeness (QED) is 0.817. The van der Waals surface area contributed by atoms with Crippen molar-refractivity contribution in [2.45, 2.75) is 26.9 Å². The normalized spacial score (nSPS) is 10.3. The number of benzene rings is 2. The van der Waals surface area contributed by atoms with Crippen LogP contribution in [-0.4, -0.2) is 25.0 Å². The maximum Gasteiger partial charge on any atom is 0.314 e. The fourth-order valence-electron chi connectivity index (χ4n) is 2.18. The van der Waals surface area contributed by atoms with E-state index >= 15 is 0 Å². The van der Waals surface area contributed by atoms with Crippen LogP contribution in [0.3, 0.4) is 0 Å². The van der Waals surface area contributed by atoms with E-state index in [1.165, 1.54) is 7.11 Å². The number of rotatable bonds is 5. The monoisotopic (exact) mass is 342 g/mol. The molecule has 0 fully saturated rings. The predicted molar refractivity (Wildman–Crippen MR) is 97.2 cm³/mol. The van der Waals surface area contributed by atoms with Crippen LogP contribution in [0, 0.1) is 6.92 Å². The molecule has 2 N–H and O–H groups in total. The molecule has 2 aromatic rings. The van der Waals surface area contributed by atoms with Crippen LogP contribution < -0.4 is 20.1 Å². The van der Waals surface area contributed by atoms with E-state index in [2.05, 4.69) is 10.6 Å². The van der Waals surface area contributed by atoms with Gasteiger partial charge in [0.2, 0.25) is 0 Å². The fraction of sp³-hybridized carbons (Fsp3) is 0.263. The van der Waals surface area contributed by atoms with E-state index in [4.69, 9.17) is 9.47 Å². The van der Waals surface area contributed by atoms with Gasteiger partial charge >= 0.3 is 11.8 Å². The second kappa shape index (κ2) is 8.19. The van der Waals surface area contributed by atoms with E-state index in [0.29, 0.717) is 22.9 Å². The SMILES string of the molecule is COc1ccc(C)cc1NC(=O)C(=O)Nc1ccc(OC(C)C)cc1. The Balaban J connectivity index is 2.01. The van der Waals surface area contributed by atoms with Crippen molar-refractivity contribution in [2.24, 2.45) is 0 Å². The summed E-state index contributed by atoms with van der Waals surface area (Å²) in [6.07, 6.45) is 0.0653. The molecule has 25 heavy (non-hydrogen) atoms. The van der Waals surface area contributed by atoms with Crippen molar-refractivity contribution in [1.29, 1.82) is 0 Å². The number of carbonyl (C=O) groups excluding carboxylic acids is 2. The lowest BCUT2D eigenvalue weighted by molar-refractivity contribution is -0.133. The molecule has 0 unspecified atom stereocenters. The second-order valence-corrected chi connectivity index (χ2v) is 5.80. The molecule has 2 aromatic carbocycles. The molecule has 0 saturated heterocycles. The Labute approximate surface area is 147 Å². The third-order valence-electron chi connectivity index (χ3n) is 3.29. The standard InChI is InChI=1S/C19H22N2O4/c1-12(2)25-15-8-6-14(7-9-15)20-18(22)19(23)21-16-11-13(3)5-10-17(16)24-4/h5-12H,1-4H3,(H,20,22)(H,21,23). The maximum atomic E-state index is 12.1. The van der Waals surface area contributed by atoms with Crippen molar-refractivity contribution in [2.75, 3.05) is 17.7 Å². The van der Waals surface area contributed by atoms with Gasteiger partial charge in [-0.2, -0.15) is 0 Å². The van der Waals surface area contributed by atoms with Gasteiger partial charge in [0.1, 0.15) is 11.5 Å². The van der Waals surface area contributed by atoms with Crippen LogP contribution in [0.1, 0.15) is 19.4 Å². The Bertz CT molecular complexity index is 755. The lowest BCUT2D eigenvalue weighted by atomic mass is 10.2. The minimum atomic E-state index is -0.772. The van der Waals surface area contributed by atoms with Crippen molar-refractivity contribution in [3.63, 3.8) is 0 Å². The van der Waals surface area contributed by atoms with Gasteiger partial charge in [0.25, 0.3) is 0 Å². The summed E-state index contributed by atoms with van der Waals surface area (Å²) < 4.78 is 10.7. The van der Waals surface area contributed by atoms with E-state index in [0.717, 1.165) is 5.56 Å². The third-order valence-corrected chi connectivity index (χ3v) is 3.29. The molecule has 0 saturated carbocycles. The first-order chi connectivity index (χ1) is 11.9. The Morgan fingerprint density at radius 3 is 2.20 bits per heavy atom. The molecule has 6 nitrogen and oxygen atoms in total. The van der Waals surface area contributed by atoms with Crippen molar-refractivity contribution in [3.8, 4) is 11.5 Å². The Hall–Kier alpha value is -3.02. The Kier molecular flexibility index (Phi) is 6.00. The summed E-state index contributed by atoms with van der Waals surface area (Å²) in [5, 5.41) is 5.11. The topological polar surface area (TPSA) is 76.7 Å². The van der Waals surface area contributed by atoms with Crippen molar-refractivity contribution in [1.82, 2.24) is 0 Å². The lowest BCUT2D eigenvalue weighted by Gasteiger charge is -2.12. The van der Waals surface area contributed by atoms with Crippen LogP contribution in [0.2, 0.25) is 0 Å². The van der Waals surface area contributed by atoms with E-state index in [-0.39, 0.29) is 6.10 Å². The van der Waals surface area contributed by atoms with Crippen molar-refractivity contribution < 1.29 is 19.1 Å². The van der Waals surface area contributed by atoms with Crippen molar-refractivity contribution in [3.05, 3.63) is 48.0 Å². The first-order valence-electron chi connectivity index (χ1n) is 7.92. The molecule has 0 atom stereocenters. The van der Waals surface area contributed by atoms with Crippen LogP contribution >= 0.6 is 0 Å². The molecular formula is C19H22N2O4. The van der Waals surface area contributed by atoms with E-state index < -0.39 is 11.8 Å². The predicted octanol–water partition coefficient (Wildman–Crippen LogP) is 3.37. The molecule has 0 radical (unpaired) electrons. The molecule has 0 spiro atoms.